The number of hydrogen-bond donors (Lipinski definition) is 0. The molecule has 1 aliphatic heterocycles. The molecule has 0 spiro atoms. The molecule has 1 amide bonds. The Hall–Kier alpha value is -3.39. The topological polar surface area (TPSA) is 20.3 Å². The maximum Gasteiger partial charge on any atom is 0.228 e. The molecular weight excluding hydrogens is 366 g/mol. The van der Waals surface area contributed by atoms with E-state index in [1.165, 1.54) is 33.0 Å². The van der Waals surface area contributed by atoms with E-state index in [2.05, 4.69) is 98.8 Å². The average Bonchev–Trinajstić information content (AvgIpc) is 2.76. The Morgan fingerprint density at radius 2 is 1.63 bits per heavy atom. The van der Waals surface area contributed by atoms with Gasteiger partial charge in [0, 0.05) is 18.0 Å². The van der Waals surface area contributed by atoms with Gasteiger partial charge < -0.3 is 4.90 Å². The molecule has 0 saturated carbocycles. The lowest BCUT2D eigenvalue weighted by Crippen LogP contribution is -2.36. The minimum atomic E-state index is 0.0768. The Balaban J connectivity index is 1.68. The standard InChI is InChI=1S/C28H25NO/c1-19-10-12-23(13-11-19)25-17-27(30)29(18-21-7-5-6-20(2)16-21)26-15-14-22-8-3-4-9-24(22)28(25)26/h3-16,25H,17-18H2,1-2H3. The van der Waals surface area contributed by atoms with Gasteiger partial charge in [0.25, 0.3) is 0 Å². The van der Waals surface area contributed by atoms with Crippen LogP contribution in [0.2, 0.25) is 0 Å². The molecule has 1 heterocycles. The highest BCUT2D eigenvalue weighted by molar-refractivity contribution is 6.03. The summed E-state index contributed by atoms with van der Waals surface area (Å²) in [6, 6.07) is 29.9. The number of hydrogen-bond acceptors (Lipinski definition) is 1. The second kappa shape index (κ2) is 7.46. The zero-order valence-electron chi connectivity index (χ0n) is 17.4. The summed E-state index contributed by atoms with van der Waals surface area (Å²) in [5, 5.41) is 2.46. The summed E-state index contributed by atoms with van der Waals surface area (Å²) in [7, 11) is 0. The predicted molar refractivity (Wildman–Crippen MR) is 124 cm³/mol. The monoisotopic (exact) mass is 391 g/mol. The van der Waals surface area contributed by atoms with Crippen LogP contribution in [0.3, 0.4) is 0 Å². The van der Waals surface area contributed by atoms with Crippen molar-refractivity contribution in [1.82, 2.24) is 0 Å². The summed E-state index contributed by atoms with van der Waals surface area (Å²) in [6.45, 7) is 4.80. The molecule has 1 atom stereocenters. The van der Waals surface area contributed by atoms with Crippen molar-refractivity contribution in [3.05, 3.63) is 113 Å². The van der Waals surface area contributed by atoms with Crippen molar-refractivity contribution in [1.29, 1.82) is 0 Å². The Morgan fingerprint density at radius 3 is 2.43 bits per heavy atom. The van der Waals surface area contributed by atoms with E-state index >= 15 is 0 Å². The van der Waals surface area contributed by atoms with Gasteiger partial charge in [-0.3, -0.25) is 4.79 Å². The molecule has 30 heavy (non-hydrogen) atoms. The molecule has 0 radical (unpaired) electrons. The number of anilines is 1. The van der Waals surface area contributed by atoms with Crippen LogP contribution in [0.25, 0.3) is 10.8 Å². The van der Waals surface area contributed by atoms with Gasteiger partial charge in [-0.1, -0.05) is 90.0 Å². The molecule has 1 unspecified atom stereocenters. The van der Waals surface area contributed by atoms with Crippen LogP contribution in [0.4, 0.5) is 5.69 Å². The zero-order valence-corrected chi connectivity index (χ0v) is 17.4. The van der Waals surface area contributed by atoms with E-state index < -0.39 is 0 Å². The predicted octanol–water partition coefficient (Wildman–Crippen LogP) is 6.53. The third-order valence-corrected chi connectivity index (χ3v) is 6.17. The van der Waals surface area contributed by atoms with Gasteiger partial charge in [-0.25, -0.2) is 0 Å². The second-order valence-electron chi connectivity index (χ2n) is 8.36. The molecule has 148 valence electrons. The maximum absolute atomic E-state index is 13.4. The number of aryl methyl sites for hydroxylation is 2. The molecule has 0 aromatic heterocycles. The van der Waals surface area contributed by atoms with Gasteiger partial charge >= 0.3 is 0 Å². The quantitative estimate of drug-likeness (QED) is 0.389. The Bertz CT molecular complexity index is 1240. The lowest BCUT2D eigenvalue weighted by atomic mass is 9.81. The van der Waals surface area contributed by atoms with E-state index in [1.807, 2.05) is 4.90 Å². The molecule has 0 fully saturated rings. The minimum absolute atomic E-state index is 0.0768. The van der Waals surface area contributed by atoms with Crippen molar-refractivity contribution in [3.63, 3.8) is 0 Å². The Kier molecular flexibility index (Phi) is 4.63. The summed E-state index contributed by atoms with van der Waals surface area (Å²) in [4.78, 5) is 15.3. The van der Waals surface area contributed by atoms with E-state index in [0.29, 0.717) is 13.0 Å². The molecule has 1 aliphatic rings. The molecule has 4 aromatic carbocycles. The number of carbonyl (C=O) groups is 1. The molecule has 0 aliphatic carbocycles. The van der Waals surface area contributed by atoms with Crippen LogP contribution in [-0.2, 0) is 11.3 Å². The average molecular weight is 392 g/mol. The van der Waals surface area contributed by atoms with Crippen LogP contribution in [0, 0.1) is 13.8 Å². The normalized spacial score (nSPS) is 16.0. The molecule has 4 aromatic rings. The fraction of sp³-hybridized carbons (Fsp3) is 0.179. The van der Waals surface area contributed by atoms with Crippen molar-refractivity contribution in [2.75, 3.05) is 4.90 Å². The molecule has 0 N–H and O–H groups in total. The summed E-state index contributed by atoms with van der Waals surface area (Å²) in [5.41, 5.74) is 7.13. The van der Waals surface area contributed by atoms with Crippen molar-refractivity contribution < 1.29 is 4.79 Å². The van der Waals surface area contributed by atoms with Gasteiger partial charge in [0.15, 0.2) is 0 Å². The highest BCUT2D eigenvalue weighted by Crippen LogP contribution is 2.44. The number of benzene rings is 4. The van der Waals surface area contributed by atoms with Crippen molar-refractivity contribution in [3.8, 4) is 0 Å². The number of nitrogens with zero attached hydrogens (tertiary/aromatic N) is 1. The zero-order chi connectivity index (χ0) is 20.7. The van der Waals surface area contributed by atoms with Crippen LogP contribution < -0.4 is 4.90 Å². The second-order valence-corrected chi connectivity index (χ2v) is 8.36. The summed E-state index contributed by atoms with van der Waals surface area (Å²) in [5.74, 6) is 0.262. The molecule has 0 bridgehead atoms. The lowest BCUT2D eigenvalue weighted by molar-refractivity contribution is -0.119. The van der Waals surface area contributed by atoms with E-state index in [1.54, 1.807) is 0 Å². The first kappa shape index (κ1) is 18.6. The van der Waals surface area contributed by atoms with Crippen LogP contribution >= 0.6 is 0 Å². The van der Waals surface area contributed by atoms with E-state index in [4.69, 9.17) is 0 Å². The minimum Gasteiger partial charge on any atom is -0.308 e. The molecule has 5 rings (SSSR count). The SMILES string of the molecule is Cc1ccc(C2CC(=O)N(Cc3cccc(C)c3)c3ccc4ccccc4c32)cc1. The molecule has 0 saturated heterocycles. The van der Waals surface area contributed by atoms with Gasteiger partial charge in [-0.2, -0.15) is 0 Å². The van der Waals surface area contributed by atoms with Crippen molar-refractivity contribution in [2.24, 2.45) is 0 Å². The summed E-state index contributed by atoms with van der Waals surface area (Å²) < 4.78 is 0. The van der Waals surface area contributed by atoms with Crippen LogP contribution in [-0.4, -0.2) is 5.91 Å². The highest BCUT2D eigenvalue weighted by Gasteiger charge is 2.33. The van der Waals surface area contributed by atoms with Crippen LogP contribution in [0.1, 0.15) is 40.2 Å². The first-order chi connectivity index (χ1) is 14.6. The smallest absolute Gasteiger partial charge is 0.228 e. The number of fused-ring (bicyclic) bond motifs is 3. The Labute approximate surface area is 177 Å². The number of amides is 1. The third kappa shape index (κ3) is 3.29. The number of carbonyl (C=O) groups excluding carboxylic acids is 1. The largest absolute Gasteiger partial charge is 0.308 e. The summed E-state index contributed by atoms with van der Waals surface area (Å²) >= 11 is 0. The van der Waals surface area contributed by atoms with E-state index in [-0.39, 0.29) is 11.8 Å². The fourth-order valence-electron chi connectivity index (χ4n) is 4.66. The first-order valence-corrected chi connectivity index (χ1v) is 10.5. The van der Waals surface area contributed by atoms with E-state index in [0.717, 1.165) is 11.3 Å². The third-order valence-electron chi connectivity index (χ3n) is 6.17. The van der Waals surface area contributed by atoms with Gasteiger partial charge in [0.2, 0.25) is 5.91 Å². The van der Waals surface area contributed by atoms with Crippen molar-refractivity contribution in [2.45, 2.75) is 32.7 Å². The van der Waals surface area contributed by atoms with Crippen LogP contribution in [0.5, 0.6) is 0 Å². The Morgan fingerprint density at radius 1 is 0.833 bits per heavy atom. The lowest BCUT2D eigenvalue weighted by Gasteiger charge is -2.35. The van der Waals surface area contributed by atoms with Crippen molar-refractivity contribution >= 4 is 22.4 Å². The molecule has 2 heteroatoms. The van der Waals surface area contributed by atoms with Gasteiger partial charge in [-0.15, -0.1) is 0 Å². The maximum atomic E-state index is 13.4. The first-order valence-electron chi connectivity index (χ1n) is 10.5. The highest BCUT2D eigenvalue weighted by atomic mass is 16.2. The fourth-order valence-corrected chi connectivity index (χ4v) is 4.66. The van der Waals surface area contributed by atoms with Gasteiger partial charge in [0.1, 0.15) is 0 Å². The van der Waals surface area contributed by atoms with Crippen LogP contribution in [0.15, 0.2) is 84.9 Å². The molecule has 2 nitrogen and oxygen atoms in total. The summed E-state index contributed by atoms with van der Waals surface area (Å²) in [6.07, 6.45) is 0.496. The van der Waals surface area contributed by atoms with E-state index in [9.17, 15) is 4.79 Å². The number of rotatable bonds is 3. The van der Waals surface area contributed by atoms with Gasteiger partial charge in [-0.05, 0) is 47.4 Å². The molecular formula is C28H25NO. The van der Waals surface area contributed by atoms with Gasteiger partial charge in [0.05, 0.1) is 6.54 Å².